The van der Waals surface area contributed by atoms with Crippen LogP contribution in [-0.4, -0.2) is 29.8 Å². The van der Waals surface area contributed by atoms with E-state index in [1.54, 1.807) is 0 Å². The Labute approximate surface area is 148 Å². The van der Waals surface area contributed by atoms with Gasteiger partial charge in [-0.2, -0.15) is 13.2 Å². The number of nitrogens with zero attached hydrogens (tertiary/aromatic N) is 3. The average molecular weight is 375 g/mol. The van der Waals surface area contributed by atoms with Crippen molar-refractivity contribution in [2.75, 3.05) is 17.0 Å². The van der Waals surface area contributed by atoms with E-state index in [2.05, 4.69) is 0 Å². The van der Waals surface area contributed by atoms with Gasteiger partial charge in [-0.1, -0.05) is 0 Å². The Bertz CT molecular complexity index is 712. The molecule has 0 aliphatic heterocycles. The number of amides is 1. The summed E-state index contributed by atoms with van der Waals surface area (Å²) in [5, 5.41) is 10.4. The van der Waals surface area contributed by atoms with Crippen LogP contribution in [0, 0.1) is 10.1 Å². The third-order valence-corrected chi connectivity index (χ3v) is 3.74. The zero-order chi connectivity index (χ0) is 19.9. The van der Waals surface area contributed by atoms with Crippen LogP contribution in [0.1, 0.15) is 39.2 Å². The molecule has 0 unspecified atom stereocenters. The molecule has 0 saturated heterocycles. The normalized spacial score (nSPS) is 14.7. The molecule has 1 fully saturated rings. The number of carbonyl (C=O) groups excluding carboxylic acids is 1. The van der Waals surface area contributed by atoms with Gasteiger partial charge in [0.2, 0.25) is 0 Å². The molecule has 10 heteroatoms. The van der Waals surface area contributed by atoms with Crippen molar-refractivity contribution in [3.05, 3.63) is 33.9 Å². The predicted octanol–water partition coefficient (Wildman–Crippen LogP) is 4.24. The molecule has 0 heterocycles. The Morgan fingerprint density at radius 2 is 1.85 bits per heavy atom. The fourth-order valence-electron chi connectivity index (χ4n) is 2.41. The summed E-state index contributed by atoms with van der Waals surface area (Å²) in [6, 6.07) is 2.56. The Hall–Kier alpha value is -2.52. The van der Waals surface area contributed by atoms with E-state index < -0.39 is 28.5 Å². The highest BCUT2D eigenvalue weighted by molar-refractivity contribution is 5.86. The van der Waals surface area contributed by atoms with E-state index in [0.29, 0.717) is 0 Å². The van der Waals surface area contributed by atoms with Crippen LogP contribution in [0.25, 0.3) is 0 Å². The Balaban J connectivity index is 2.48. The van der Waals surface area contributed by atoms with Gasteiger partial charge in [-0.3, -0.25) is 0 Å². The van der Waals surface area contributed by atoms with Crippen LogP contribution in [0.15, 0.2) is 18.2 Å². The van der Waals surface area contributed by atoms with Crippen molar-refractivity contribution < 1.29 is 27.7 Å². The first-order valence-electron chi connectivity index (χ1n) is 7.93. The van der Waals surface area contributed by atoms with Gasteiger partial charge in [0, 0.05) is 18.1 Å². The van der Waals surface area contributed by atoms with Crippen molar-refractivity contribution in [3.8, 4) is 0 Å². The number of alkyl halides is 3. The summed E-state index contributed by atoms with van der Waals surface area (Å²) in [6.07, 6.45) is -4.42. The molecule has 1 saturated carbocycles. The van der Waals surface area contributed by atoms with Gasteiger partial charge in [-0.25, -0.2) is 14.9 Å². The number of benzene rings is 1. The van der Waals surface area contributed by atoms with Gasteiger partial charge in [0.1, 0.15) is 11.3 Å². The number of anilines is 2. The van der Waals surface area contributed by atoms with Crippen molar-refractivity contribution in [2.45, 2.75) is 51.4 Å². The molecular weight excluding hydrogens is 355 g/mol. The molecule has 0 radical (unpaired) electrons. The number of halogens is 3. The summed E-state index contributed by atoms with van der Waals surface area (Å²) in [4.78, 5) is 24.9. The highest BCUT2D eigenvalue weighted by Gasteiger charge is 2.39. The number of ether oxygens (including phenoxy) is 1. The van der Waals surface area contributed by atoms with Gasteiger partial charge < -0.3 is 9.64 Å². The quantitative estimate of drug-likeness (QED) is 0.581. The molecule has 7 nitrogen and oxygen atoms in total. The molecule has 144 valence electrons. The fourth-order valence-corrected chi connectivity index (χ4v) is 2.41. The van der Waals surface area contributed by atoms with Gasteiger partial charge in [-0.15, -0.1) is 0 Å². The molecule has 0 spiro atoms. The lowest BCUT2D eigenvalue weighted by Gasteiger charge is -2.25. The number of nitro groups is 1. The van der Waals surface area contributed by atoms with E-state index in [4.69, 9.17) is 4.74 Å². The van der Waals surface area contributed by atoms with Crippen molar-refractivity contribution in [3.63, 3.8) is 0 Å². The predicted molar refractivity (Wildman–Crippen MR) is 88.6 cm³/mol. The second kappa shape index (κ2) is 6.65. The summed E-state index contributed by atoms with van der Waals surface area (Å²) in [5.74, 6) is 0. The van der Waals surface area contributed by atoms with Crippen molar-refractivity contribution in [1.82, 2.24) is 0 Å². The van der Waals surface area contributed by atoms with Crippen LogP contribution >= 0.6 is 0 Å². The fraction of sp³-hybridized carbons (Fsp3) is 0.562. The molecule has 1 aliphatic rings. The van der Waals surface area contributed by atoms with Crippen LogP contribution in [0.5, 0.6) is 0 Å². The molecule has 0 N–H and O–H groups in total. The minimum atomic E-state index is -4.62. The maximum atomic E-state index is 13.3. The second-order valence-electron chi connectivity index (χ2n) is 7.07. The van der Waals surface area contributed by atoms with Crippen LogP contribution in [0.2, 0.25) is 0 Å². The summed E-state index contributed by atoms with van der Waals surface area (Å²) >= 11 is 0. The highest BCUT2D eigenvalue weighted by atomic mass is 19.4. The summed E-state index contributed by atoms with van der Waals surface area (Å²) < 4.78 is 44.9. The molecule has 1 aromatic rings. The van der Waals surface area contributed by atoms with E-state index >= 15 is 0 Å². The van der Waals surface area contributed by atoms with Crippen LogP contribution in [0.3, 0.4) is 0 Å². The molecule has 2 rings (SSSR count). The maximum Gasteiger partial charge on any atom is 0.473 e. The third-order valence-electron chi connectivity index (χ3n) is 3.74. The smallest absolute Gasteiger partial charge is 0.440 e. The lowest BCUT2D eigenvalue weighted by Crippen LogP contribution is -2.40. The minimum absolute atomic E-state index is 0.0584. The zero-order valence-electron chi connectivity index (χ0n) is 14.8. The Kier molecular flexibility index (Phi) is 5.07. The zero-order valence-corrected chi connectivity index (χ0v) is 14.8. The molecule has 1 aliphatic carbocycles. The second-order valence-corrected chi connectivity index (χ2v) is 7.07. The van der Waals surface area contributed by atoms with Crippen LogP contribution < -0.4 is 9.91 Å². The van der Waals surface area contributed by atoms with Crippen molar-refractivity contribution in [1.29, 1.82) is 0 Å². The lowest BCUT2D eigenvalue weighted by atomic mass is 10.1. The monoisotopic (exact) mass is 375 g/mol. The third kappa shape index (κ3) is 4.55. The summed E-state index contributed by atoms with van der Waals surface area (Å²) in [6.45, 7) is 4.59. The maximum absolute atomic E-state index is 13.3. The minimum Gasteiger partial charge on any atom is -0.440 e. The summed E-state index contributed by atoms with van der Waals surface area (Å²) in [5.41, 5.74) is -2.43. The molecular formula is C16H20F3N3O4. The van der Waals surface area contributed by atoms with E-state index in [9.17, 15) is 28.1 Å². The van der Waals surface area contributed by atoms with E-state index in [1.807, 2.05) is 0 Å². The number of carbonyl (C=O) groups is 1. The van der Waals surface area contributed by atoms with Gasteiger partial charge in [0.25, 0.3) is 0 Å². The first kappa shape index (κ1) is 19.8. The molecule has 1 amide bonds. The number of rotatable bonds is 4. The van der Waals surface area contributed by atoms with Crippen LogP contribution in [0.4, 0.5) is 29.3 Å². The van der Waals surface area contributed by atoms with Gasteiger partial charge in [-0.05, 0) is 51.8 Å². The standard InChI is InChI=1S/C16H20F3N3O4/c1-15(2,3)26-14(23)21(22(24)25)11-7-8-12(16(17,18)19)13(9-11)20(4)10-5-6-10/h7-10H,5-6H2,1-4H3. The van der Waals surface area contributed by atoms with Crippen LogP contribution in [-0.2, 0) is 10.9 Å². The number of hydrogen-bond donors (Lipinski definition) is 0. The van der Waals surface area contributed by atoms with Crippen molar-refractivity contribution >= 4 is 17.5 Å². The SMILES string of the molecule is CN(c1cc(N(C(=O)OC(C)(C)C)[N+](=O)[O-])ccc1C(F)(F)F)C1CC1. The van der Waals surface area contributed by atoms with Gasteiger partial charge in [0.15, 0.2) is 5.03 Å². The summed E-state index contributed by atoms with van der Waals surface area (Å²) in [7, 11) is 1.50. The number of hydrogen-bond acceptors (Lipinski definition) is 5. The van der Waals surface area contributed by atoms with E-state index in [1.165, 1.54) is 32.7 Å². The van der Waals surface area contributed by atoms with Crippen molar-refractivity contribution in [2.24, 2.45) is 0 Å². The van der Waals surface area contributed by atoms with E-state index in [0.717, 1.165) is 31.0 Å². The Morgan fingerprint density at radius 1 is 1.27 bits per heavy atom. The average Bonchev–Trinajstić information content (AvgIpc) is 3.27. The van der Waals surface area contributed by atoms with Gasteiger partial charge >= 0.3 is 12.3 Å². The lowest BCUT2D eigenvalue weighted by molar-refractivity contribution is -0.484. The van der Waals surface area contributed by atoms with Gasteiger partial charge in [0.05, 0.1) is 11.3 Å². The molecule has 0 aromatic heterocycles. The molecule has 1 aromatic carbocycles. The highest BCUT2D eigenvalue weighted by Crippen LogP contribution is 2.41. The molecule has 26 heavy (non-hydrogen) atoms. The van der Waals surface area contributed by atoms with E-state index in [-0.39, 0.29) is 22.4 Å². The first-order valence-corrected chi connectivity index (χ1v) is 7.93. The topological polar surface area (TPSA) is 75.9 Å². The number of hydrazine groups is 1. The first-order chi connectivity index (χ1) is 11.8. The largest absolute Gasteiger partial charge is 0.473 e. The molecule has 0 atom stereocenters. The Morgan fingerprint density at radius 3 is 2.27 bits per heavy atom. The molecule has 0 bridgehead atoms.